The molecule has 6 nitrogen and oxygen atoms in total. The number of ether oxygens (including phenoxy) is 1. The van der Waals surface area contributed by atoms with Gasteiger partial charge in [-0.25, -0.2) is 4.68 Å². The van der Waals surface area contributed by atoms with E-state index in [2.05, 4.69) is 10.00 Å². The van der Waals surface area contributed by atoms with Gasteiger partial charge in [-0.05, 0) is 44.5 Å². The number of aryl methyl sites for hydroxylation is 1. The van der Waals surface area contributed by atoms with Crippen molar-refractivity contribution >= 4 is 29.1 Å². The number of hydrogen-bond acceptors (Lipinski definition) is 4. The molecule has 0 bridgehead atoms. The fraction of sp³-hybridized carbons (Fsp3) is 0.500. The summed E-state index contributed by atoms with van der Waals surface area (Å²) in [7, 11) is 0. The Morgan fingerprint density at radius 2 is 1.86 bits per heavy atom. The van der Waals surface area contributed by atoms with Crippen LogP contribution in [-0.4, -0.2) is 64.8 Å². The lowest BCUT2D eigenvalue weighted by atomic mass is 10.2. The van der Waals surface area contributed by atoms with Crippen molar-refractivity contribution in [1.82, 2.24) is 19.6 Å². The van der Waals surface area contributed by atoms with Crippen molar-refractivity contribution in [2.24, 2.45) is 0 Å². The van der Waals surface area contributed by atoms with E-state index in [1.165, 1.54) is 0 Å². The first-order valence-corrected chi connectivity index (χ1v) is 10.3. The molecular weight excluding hydrogens is 399 g/mol. The van der Waals surface area contributed by atoms with E-state index in [1.807, 2.05) is 24.0 Å². The van der Waals surface area contributed by atoms with Gasteiger partial charge in [0, 0.05) is 44.9 Å². The molecule has 0 radical (unpaired) electrons. The number of nitrogens with zero attached hydrogens (tertiary/aromatic N) is 4. The highest BCUT2D eigenvalue weighted by Gasteiger charge is 2.17. The van der Waals surface area contributed by atoms with Crippen molar-refractivity contribution in [2.75, 3.05) is 39.3 Å². The summed E-state index contributed by atoms with van der Waals surface area (Å²) in [6, 6.07) is 7.35. The standard InChI is InChI=1S/C20H26Cl2N4O2/c1-15-13-20(23-26(15)17-5-6-18(21)19(22)14-17)28-12-4-3-7-24-8-10-25(11-9-24)16(2)27/h5-6,13-14H,3-4,7-12H2,1-2H3. The quantitative estimate of drug-likeness (QED) is 0.634. The Morgan fingerprint density at radius 3 is 2.54 bits per heavy atom. The second-order valence-corrected chi connectivity index (χ2v) is 7.85. The zero-order valence-corrected chi connectivity index (χ0v) is 17.8. The van der Waals surface area contributed by atoms with Gasteiger partial charge in [0.05, 0.1) is 22.3 Å². The molecule has 0 atom stereocenters. The van der Waals surface area contributed by atoms with Crippen molar-refractivity contribution in [3.05, 3.63) is 40.0 Å². The number of benzene rings is 1. The van der Waals surface area contributed by atoms with Gasteiger partial charge in [0.15, 0.2) is 0 Å². The number of rotatable bonds is 7. The third kappa shape index (κ3) is 5.40. The van der Waals surface area contributed by atoms with Crippen LogP contribution in [0.5, 0.6) is 5.88 Å². The van der Waals surface area contributed by atoms with E-state index >= 15 is 0 Å². The summed E-state index contributed by atoms with van der Waals surface area (Å²) in [4.78, 5) is 15.7. The average molecular weight is 425 g/mol. The monoisotopic (exact) mass is 424 g/mol. The van der Waals surface area contributed by atoms with Crippen LogP contribution in [0.1, 0.15) is 25.5 Å². The highest BCUT2D eigenvalue weighted by Crippen LogP contribution is 2.25. The molecule has 3 rings (SSSR count). The molecule has 0 aliphatic carbocycles. The molecule has 0 N–H and O–H groups in total. The van der Waals surface area contributed by atoms with Crippen LogP contribution in [0.2, 0.25) is 10.0 Å². The third-order valence-electron chi connectivity index (χ3n) is 4.95. The first-order valence-electron chi connectivity index (χ1n) is 9.57. The van der Waals surface area contributed by atoms with Crippen LogP contribution in [0.15, 0.2) is 24.3 Å². The van der Waals surface area contributed by atoms with Crippen LogP contribution in [-0.2, 0) is 4.79 Å². The Bertz CT molecular complexity index is 817. The van der Waals surface area contributed by atoms with Crippen molar-refractivity contribution < 1.29 is 9.53 Å². The van der Waals surface area contributed by atoms with E-state index in [0.29, 0.717) is 22.5 Å². The van der Waals surface area contributed by atoms with Gasteiger partial charge in [0.2, 0.25) is 11.8 Å². The van der Waals surface area contributed by atoms with Crippen molar-refractivity contribution in [2.45, 2.75) is 26.7 Å². The minimum Gasteiger partial charge on any atom is -0.477 e. The van der Waals surface area contributed by atoms with Crippen molar-refractivity contribution in [1.29, 1.82) is 0 Å². The predicted molar refractivity (Wildman–Crippen MR) is 112 cm³/mol. The summed E-state index contributed by atoms with van der Waals surface area (Å²) in [5.74, 6) is 0.780. The molecule has 2 aromatic rings. The molecule has 0 unspecified atom stereocenters. The Labute approximate surface area is 176 Å². The fourth-order valence-corrected chi connectivity index (χ4v) is 3.59. The van der Waals surface area contributed by atoms with Crippen LogP contribution < -0.4 is 4.74 Å². The minimum absolute atomic E-state index is 0.170. The summed E-state index contributed by atoms with van der Waals surface area (Å²) < 4.78 is 7.62. The smallest absolute Gasteiger partial charge is 0.233 e. The molecule has 1 aliphatic heterocycles. The number of aromatic nitrogens is 2. The molecule has 8 heteroatoms. The van der Waals surface area contributed by atoms with E-state index in [9.17, 15) is 4.79 Å². The molecule has 1 fully saturated rings. The number of hydrogen-bond donors (Lipinski definition) is 0. The Balaban J connectivity index is 1.41. The molecule has 2 heterocycles. The second kappa shape index (κ2) is 9.63. The van der Waals surface area contributed by atoms with E-state index in [0.717, 1.165) is 56.9 Å². The molecular formula is C20H26Cl2N4O2. The Hall–Kier alpha value is -1.76. The molecule has 28 heavy (non-hydrogen) atoms. The van der Waals surface area contributed by atoms with E-state index in [1.54, 1.807) is 23.7 Å². The maximum atomic E-state index is 11.4. The van der Waals surface area contributed by atoms with Gasteiger partial charge in [0.25, 0.3) is 0 Å². The average Bonchev–Trinajstić information content (AvgIpc) is 3.04. The molecule has 152 valence electrons. The zero-order chi connectivity index (χ0) is 20.1. The summed E-state index contributed by atoms with van der Waals surface area (Å²) in [6.07, 6.45) is 2.03. The Kier molecular flexibility index (Phi) is 7.21. The number of halogens is 2. The largest absolute Gasteiger partial charge is 0.477 e. The van der Waals surface area contributed by atoms with Crippen LogP contribution in [0.3, 0.4) is 0 Å². The van der Waals surface area contributed by atoms with E-state index < -0.39 is 0 Å². The number of piperazine rings is 1. The predicted octanol–water partition coefficient (Wildman–Crippen LogP) is 3.81. The highest BCUT2D eigenvalue weighted by atomic mass is 35.5. The molecule has 0 spiro atoms. The van der Waals surface area contributed by atoms with Gasteiger partial charge >= 0.3 is 0 Å². The molecule has 1 amide bonds. The van der Waals surface area contributed by atoms with Crippen molar-refractivity contribution in [3.63, 3.8) is 0 Å². The lowest BCUT2D eigenvalue weighted by molar-refractivity contribution is -0.130. The van der Waals surface area contributed by atoms with Gasteiger partial charge in [-0.15, -0.1) is 5.10 Å². The first-order chi connectivity index (χ1) is 13.4. The van der Waals surface area contributed by atoms with Crippen LogP contribution >= 0.6 is 23.2 Å². The topological polar surface area (TPSA) is 50.6 Å². The van der Waals surface area contributed by atoms with Gasteiger partial charge in [-0.3, -0.25) is 9.69 Å². The maximum absolute atomic E-state index is 11.4. The lowest BCUT2D eigenvalue weighted by Crippen LogP contribution is -2.48. The second-order valence-electron chi connectivity index (χ2n) is 7.04. The Morgan fingerprint density at radius 1 is 1.11 bits per heavy atom. The SMILES string of the molecule is CC(=O)N1CCN(CCCCOc2cc(C)n(-c3ccc(Cl)c(Cl)c3)n2)CC1. The molecule has 1 aliphatic rings. The lowest BCUT2D eigenvalue weighted by Gasteiger charge is -2.34. The minimum atomic E-state index is 0.170. The van der Waals surface area contributed by atoms with Gasteiger partial charge in [0.1, 0.15) is 0 Å². The van der Waals surface area contributed by atoms with Crippen LogP contribution in [0.4, 0.5) is 0 Å². The number of unbranched alkanes of at least 4 members (excludes halogenated alkanes) is 1. The van der Waals surface area contributed by atoms with Gasteiger partial charge in [-0.1, -0.05) is 23.2 Å². The summed E-state index contributed by atoms with van der Waals surface area (Å²) in [5.41, 5.74) is 1.82. The van der Waals surface area contributed by atoms with E-state index in [-0.39, 0.29) is 5.91 Å². The molecule has 1 aromatic carbocycles. The summed E-state index contributed by atoms with van der Waals surface area (Å²) in [6.45, 7) is 8.84. The number of carbonyl (C=O) groups is 1. The molecule has 1 aromatic heterocycles. The summed E-state index contributed by atoms with van der Waals surface area (Å²) in [5, 5.41) is 5.53. The fourth-order valence-electron chi connectivity index (χ4n) is 3.30. The first kappa shape index (κ1) is 21.0. The van der Waals surface area contributed by atoms with Gasteiger partial charge < -0.3 is 9.64 Å². The zero-order valence-electron chi connectivity index (χ0n) is 16.3. The summed E-state index contributed by atoms with van der Waals surface area (Å²) >= 11 is 12.1. The van der Waals surface area contributed by atoms with Crippen molar-refractivity contribution in [3.8, 4) is 11.6 Å². The third-order valence-corrected chi connectivity index (χ3v) is 5.69. The van der Waals surface area contributed by atoms with E-state index in [4.69, 9.17) is 27.9 Å². The number of amides is 1. The van der Waals surface area contributed by atoms with Gasteiger partial charge in [-0.2, -0.15) is 0 Å². The highest BCUT2D eigenvalue weighted by molar-refractivity contribution is 6.42. The molecule has 0 saturated carbocycles. The normalized spacial score (nSPS) is 15.1. The van der Waals surface area contributed by atoms with Crippen LogP contribution in [0, 0.1) is 6.92 Å². The number of carbonyl (C=O) groups excluding carboxylic acids is 1. The maximum Gasteiger partial charge on any atom is 0.233 e. The molecule has 1 saturated heterocycles. The van der Waals surface area contributed by atoms with Crippen LogP contribution in [0.25, 0.3) is 5.69 Å².